The number of rotatable bonds is 21. The molecule has 32 heavy (non-hydrogen) atoms. The number of carboxylic acids is 2. The minimum absolute atomic E-state index is 0.223. The molecule has 4 nitrogen and oxygen atoms in total. The van der Waals surface area contributed by atoms with Crippen LogP contribution in [0.1, 0.15) is 135 Å². The van der Waals surface area contributed by atoms with Crippen LogP contribution in [0.2, 0.25) is 0 Å². The Balaban J connectivity index is 3.39. The lowest BCUT2D eigenvalue weighted by Gasteiger charge is -2.06. The van der Waals surface area contributed by atoms with E-state index < -0.39 is 17.9 Å². The van der Waals surface area contributed by atoms with Gasteiger partial charge in [-0.1, -0.05) is 115 Å². The molecule has 0 bridgehead atoms. The Morgan fingerprint density at radius 2 is 0.906 bits per heavy atom. The molecule has 0 saturated heterocycles. The van der Waals surface area contributed by atoms with Crippen molar-refractivity contribution in [3.63, 3.8) is 0 Å². The van der Waals surface area contributed by atoms with Gasteiger partial charge in [-0.05, 0) is 31.1 Å². The second-order valence-electron chi connectivity index (χ2n) is 8.78. The second-order valence-corrected chi connectivity index (χ2v) is 8.78. The van der Waals surface area contributed by atoms with Gasteiger partial charge in [0.25, 0.3) is 0 Å². The molecule has 0 aliphatic rings. The SMILES string of the molecule is CCCCCCCCCCCCC#CC#CCCCCCCCCCC(C(=O)O)C(=O)O. The second kappa shape index (κ2) is 23.7. The van der Waals surface area contributed by atoms with E-state index in [-0.39, 0.29) is 6.42 Å². The average Bonchev–Trinajstić information content (AvgIpc) is 2.76. The summed E-state index contributed by atoms with van der Waals surface area (Å²) in [6.45, 7) is 2.26. The van der Waals surface area contributed by atoms with E-state index >= 15 is 0 Å². The van der Waals surface area contributed by atoms with Gasteiger partial charge >= 0.3 is 11.9 Å². The van der Waals surface area contributed by atoms with Crippen LogP contribution in [-0.4, -0.2) is 22.2 Å². The first-order chi connectivity index (χ1) is 15.6. The number of unbranched alkanes of at least 4 members (excludes halogenated alkanes) is 17. The van der Waals surface area contributed by atoms with E-state index in [4.69, 9.17) is 10.2 Å². The third kappa shape index (κ3) is 21.3. The van der Waals surface area contributed by atoms with Gasteiger partial charge in [-0.3, -0.25) is 9.59 Å². The molecule has 0 spiro atoms. The molecule has 0 unspecified atom stereocenters. The highest BCUT2D eigenvalue weighted by molar-refractivity contribution is 5.92. The lowest BCUT2D eigenvalue weighted by molar-refractivity contribution is -0.154. The van der Waals surface area contributed by atoms with Crippen molar-refractivity contribution in [3.8, 4) is 23.7 Å². The summed E-state index contributed by atoms with van der Waals surface area (Å²) >= 11 is 0. The topological polar surface area (TPSA) is 74.6 Å². The Bertz CT molecular complexity index is 574. The summed E-state index contributed by atoms with van der Waals surface area (Å²) in [6.07, 6.45) is 22.7. The van der Waals surface area contributed by atoms with Crippen LogP contribution in [0.4, 0.5) is 0 Å². The van der Waals surface area contributed by atoms with Crippen molar-refractivity contribution in [2.75, 3.05) is 0 Å². The van der Waals surface area contributed by atoms with E-state index in [1.807, 2.05) is 0 Å². The van der Waals surface area contributed by atoms with Crippen LogP contribution in [0.15, 0.2) is 0 Å². The zero-order valence-corrected chi connectivity index (χ0v) is 20.4. The maximum absolute atomic E-state index is 10.8. The van der Waals surface area contributed by atoms with Crippen molar-refractivity contribution in [3.05, 3.63) is 0 Å². The molecular formula is C28H46O4. The third-order valence-electron chi connectivity index (χ3n) is 5.79. The van der Waals surface area contributed by atoms with Crippen molar-refractivity contribution in [1.82, 2.24) is 0 Å². The minimum Gasteiger partial charge on any atom is -0.481 e. The van der Waals surface area contributed by atoms with Crippen LogP contribution in [0.5, 0.6) is 0 Å². The fraction of sp³-hybridized carbons (Fsp3) is 0.786. The summed E-state index contributed by atoms with van der Waals surface area (Å²) in [6, 6.07) is 0. The highest BCUT2D eigenvalue weighted by Gasteiger charge is 2.24. The molecule has 0 amide bonds. The molecule has 0 aliphatic heterocycles. The van der Waals surface area contributed by atoms with Crippen LogP contribution in [-0.2, 0) is 9.59 Å². The van der Waals surface area contributed by atoms with Crippen LogP contribution in [0.3, 0.4) is 0 Å². The van der Waals surface area contributed by atoms with Gasteiger partial charge in [0.1, 0.15) is 0 Å². The highest BCUT2D eigenvalue weighted by atomic mass is 16.4. The Morgan fingerprint density at radius 3 is 1.28 bits per heavy atom. The Labute approximate surface area is 197 Å². The predicted molar refractivity (Wildman–Crippen MR) is 132 cm³/mol. The molecule has 0 aromatic heterocycles. The molecule has 0 radical (unpaired) electrons. The van der Waals surface area contributed by atoms with Crippen molar-refractivity contribution in [2.24, 2.45) is 5.92 Å². The largest absolute Gasteiger partial charge is 0.481 e. The molecule has 0 aromatic carbocycles. The molecule has 0 saturated carbocycles. The first-order valence-electron chi connectivity index (χ1n) is 13.0. The van der Waals surface area contributed by atoms with Crippen LogP contribution >= 0.6 is 0 Å². The number of aliphatic carboxylic acids is 2. The number of hydrogen-bond acceptors (Lipinski definition) is 2. The summed E-state index contributed by atoms with van der Waals surface area (Å²) in [5.74, 6) is 8.51. The van der Waals surface area contributed by atoms with Gasteiger partial charge in [-0.15, -0.1) is 0 Å². The number of carboxylic acid groups (broad SMARTS) is 2. The predicted octanol–water partition coefficient (Wildman–Crippen LogP) is 7.60. The van der Waals surface area contributed by atoms with Gasteiger partial charge in [-0.2, -0.15) is 0 Å². The molecule has 0 rings (SSSR count). The smallest absolute Gasteiger partial charge is 0.317 e. The highest BCUT2D eigenvalue weighted by Crippen LogP contribution is 2.14. The standard InChI is InChI=1S/C28H46O4/c1-2-3-4-5-6-7-8-9-10-11-12-13-14-15-16-17-18-19-20-21-22-23-24-25-26(27(29)30)28(31)32/h26H,2-12,17-25H2,1H3,(H,29,30)(H,31,32). The normalized spacial score (nSPS) is 10.3. The molecule has 0 heterocycles. The zero-order chi connectivity index (χ0) is 23.7. The van der Waals surface area contributed by atoms with E-state index in [9.17, 15) is 9.59 Å². The van der Waals surface area contributed by atoms with E-state index in [1.165, 1.54) is 64.2 Å². The van der Waals surface area contributed by atoms with Crippen molar-refractivity contribution in [1.29, 1.82) is 0 Å². The number of carbonyl (C=O) groups is 2. The van der Waals surface area contributed by atoms with Gasteiger partial charge in [-0.25, -0.2) is 0 Å². The summed E-state index contributed by atoms with van der Waals surface area (Å²) in [5.41, 5.74) is 0. The van der Waals surface area contributed by atoms with E-state index in [0.29, 0.717) is 6.42 Å². The fourth-order valence-electron chi connectivity index (χ4n) is 3.71. The summed E-state index contributed by atoms with van der Waals surface area (Å²) < 4.78 is 0. The number of hydrogen-bond donors (Lipinski definition) is 2. The molecular weight excluding hydrogens is 400 g/mol. The van der Waals surface area contributed by atoms with E-state index in [0.717, 1.165) is 51.4 Å². The van der Waals surface area contributed by atoms with Gasteiger partial charge in [0, 0.05) is 12.8 Å². The molecule has 2 N–H and O–H groups in total. The molecule has 0 aromatic rings. The van der Waals surface area contributed by atoms with Crippen molar-refractivity contribution >= 4 is 11.9 Å². The maximum Gasteiger partial charge on any atom is 0.317 e. The Hall–Kier alpha value is -1.94. The van der Waals surface area contributed by atoms with Crippen LogP contribution in [0, 0.1) is 29.6 Å². The average molecular weight is 447 g/mol. The van der Waals surface area contributed by atoms with E-state index in [1.54, 1.807) is 0 Å². The first kappa shape index (κ1) is 30.1. The monoisotopic (exact) mass is 446 g/mol. The zero-order valence-electron chi connectivity index (χ0n) is 20.4. The molecule has 4 heteroatoms. The molecule has 0 atom stereocenters. The van der Waals surface area contributed by atoms with E-state index in [2.05, 4.69) is 30.6 Å². The van der Waals surface area contributed by atoms with Crippen LogP contribution in [0.25, 0.3) is 0 Å². The van der Waals surface area contributed by atoms with Crippen molar-refractivity contribution in [2.45, 2.75) is 135 Å². The van der Waals surface area contributed by atoms with Crippen LogP contribution < -0.4 is 0 Å². The fourth-order valence-corrected chi connectivity index (χ4v) is 3.71. The lowest BCUT2D eigenvalue weighted by atomic mass is 10.0. The Kier molecular flexibility index (Phi) is 22.3. The summed E-state index contributed by atoms with van der Waals surface area (Å²) in [4.78, 5) is 21.6. The van der Waals surface area contributed by atoms with Crippen molar-refractivity contribution < 1.29 is 19.8 Å². The summed E-state index contributed by atoms with van der Waals surface area (Å²) in [7, 11) is 0. The lowest BCUT2D eigenvalue weighted by Crippen LogP contribution is -2.23. The molecule has 0 aliphatic carbocycles. The third-order valence-corrected chi connectivity index (χ3v) is 5.79. The molecule has 182 valence electrons. The summed E-state index contributed by atoms with van der Waals surface area (Å²) in [5, 5.41) is 17.6. The first-order valence-corrected chi connectivity index (χ1v) is 13.0. The Morgan fingerprint density at radius 1 is 0.562 bits per heavy atom. The quantitative estimate of drug-likeness (QED) is 0.108. The van der Waals surface area contributed by atoms with Gasteiger partial charge in [0.2, 0.25) is 0 Å². The maximum atomic E-state index is 10.8. The van der Waals surface area contributed by atoms with Gasteiger partial charge < -0.3 is 10.2 Å². The molecule has 0 fully saturated rings. The van der Waals surface area contributed by atoms with Gasteiger partial charge in [0.05, 0.1) is 0 Å². The minimum atomic E-state index is -1.26. The van der Waals surface area contributed by atoms with Gasteiger partial charge in [0.15, 0.2) is 5.92 Å².